The number of hydrogen-bond donors (Lipinski definition) is 1. The first-order valence-electron chi connectivity index (χ1n) is 9.04. The van der Waals surface area contributed by atoms with Crippen LogP contribution >= 0.6 is 11.8 Å². The molecule has 0 aliphatic rings. The van der Waals surface area contributed by atoms with E-state index < -0.39 is 0 Å². The summed E-state index contributed by atoms with van der Waals surface area (Å²) in [5.74, 6) is 1.63. The van der Waals surface area contributed by atoms with Gasteiger partial charge in [-0.2, -0.15) is 0 Å². The minimum atomic E-state index is -0.127. The van der Waals surface area contributed by atoms with Gasteiger partial charge in [0.15, 0.2) is 6.61 Å². The third-order valence-electron chi connectivity index (χ3n) is 3.99. The number of amides is 1. The summed E-state index contributed by atoms with van der Waals surface area (Å²) in [6.45, 7) is 6.45. The molecule has 0 bridgehead atoms. The Hall–Kier alpha value is -2.80. The van der Waals surface area contributed by atoms with Gasteiger partial charge < -0.3 is 14.5 Å². The molecule has 1 amide bonds. The summed E-state index contributed by atoms with van der Waals surface area (Å²) in [6, 6.07) is 15.6. The molecule has 0 saturated heterocycles. The predicted octanol–water partition coefficient (Wildman–Crippen LogP) is 4.81. The Morgan fingerprint density at radius 2 is 1.96 bits per heavy atom. The van der Waals surface area contributed by atoms with Gasteiger partial charge in [0.2, 0.25) is 5.91 Å². The van der Waals surface area contributed by atoms with Gasteiger partial charge in [0.1, 0.15) is 5.75 Å². The zero-order valence-corrected chi connectivity index (χ0v) is 17.0. The molecule has 1 heterocycles. The average Bonchev–Trinajstić information content (AvgIpc) is 3.13. The van der Waals surface area contributed by atoms with Crippen LogP contribution in [0.3, 0.4) is 0 Å². The van der Waals surface area contributed by atoms with Crippen molar-refractivity contribution in [3.8, 4) is 5.75 Å². The van der Waals surface area contributed by atoms with Crippen molar-refractivity contribution in [1.82, 2.24) is 10.2 Å². The summed E-state index contributed by atoms with van der Waals surface area (Å²) in [4.78, 5) is 12.1. The molecule has 2 aromatic carbocycles. The quantitative estimate of drug-likeness (QED) is 0.550. The van der Waals surface area contributed by atoms with Crippen molar-refractivity contribution in [3.63, 3.8) is 0 Å². The van der Waals surface area contributed by atoms with Crippen LogP contribution in [0.25, 0.3) is 0 Å². The zero-order chi connectivity index (χ0) is 19.9. The molecule has 1 aromatic heterocycles. The van der Waals surface area contributed by atoms with Crippen molar-refractivity contribution in [2.45, 2.75) is 38.5 Å². The van der Waals surface area contributed by atoms with E-state index in [4.69, 9.17) is 9.15 Å². The molecule has 0 atom stereocenters. The highest BCUT2D eigenvalue weighted by Crippen LogP contribution is 2.20. The van der Waals surface area contributed by atoms with E-state index in [9.17, 15) is 4.79 Å². The SMILES string of the molecule is Cc1cccc(OCc2nnc(SCC(=O)Nc3ccc(C(C)C)cc3)o2)c1. The summed E-state index contributed by atoms with van der Waals surface area (Å²) in [6.07, 6.45) is 0. The standard InChI is InChI=1S/C21H23N3O3S/c1-14(2)16-7-9-17(10-8-16)22-19(25)13-28-21-24-23-20(27-21)12-26-18-6-4-5-15(3)11-18/h4-11,14H,12-13H2,1-3H3,(H,22,25). The van der Waals surface area contributed by atoms with Gasteiger partial charge in [-0.15, -0.1) is 10.2 Å². The van der Waals surface area contributed by atoms with Crippen molar-refractivity contribution in [3.05, 3.63) is 65.5 Å². The first kappa shape index (κ1) is 19.9. The van der Waals surface area contributed by atoms with Crippen LogP contribution < -0.4 is 10.1 Å². The van der Waals surface area contributed by atoms with Crippen LogP contribution in [0.15, 0.2) is 58.2 Å². The van der Waals surface area contributed by atoms with Crippen molar-refractivity contribution in [1.29, 1.82) is 0 Å². The molecule has 0 aliphatic carbocycles. The first-order valence-corrected chi connectivity index (χ1v) is 10.0. The fourth-order valence-electron chi connectivity index (χ4n) is 2.48. The normalized spacial score (nSPS) is 10.9. The molecule has 0 spiro atoms. The van der Waals surface area contributed by atoms with Crippen LogP contribution in [0.5, 0.6) is 5.75 Å². The number of aryl methyl sites for hydroxylation is 1. The number of anilines is 1. The lowest BCUT2D eigenvalue weighted by atomic mass is 10.0. The smallest absolute Gasteiger partial charge is 0.277 e. The van der Waals surface area contributed by atoms with Crippen molar-refractivity contribution < 1.29 is 13.9 Å². The Labute approximate surface area is 168 Å². The van der Waals surface area contributed by atoms with E-state index in [1.54, 1.807) is 0 Å². The number of aromatic nitrogens is 2. The van der Waals surface area contributed by atoms with E-state index in [-0.39, 0.29) is 18.3 Å². The Morgan fingerprint density at radius 3 is 2.68 bits per heavy atom. The number of nitrogens with one attached hydrogen (secondary N) is 1. The summed E-state index contributed by atoms with van der Waals surface area (Å²) in [7, 11) is 0. The molecule has 3 aromatic rings. The number of rotatable bonds is 8. The van der Waals surface area contributed by atoms with Crippen LogP contribution in [0.2, 0.25) is 0 Å². The van der Waals surface area contributed by atoms with E-state index in [1.165, 1.54) is 17.3 Å². The summed E-state index contributed by atoms with van der Waals surface area (Å²) in [5.41, 5.74) is 3.12. The van der Waals surface area contributed by atoms with Crippen LogP contribution in [0.1, 0.15) is 36.8 Å². The number of carbonyl (C=O) groups is 1. The van der Waals surface area contributed by atoms with Crippen molar-refractivity contribution in [2.24, 2.45) is 0 Å². The van der Waals surface area contributed by atoms with Crippen LogP contribution in [0, 0.1) is 6.92 Å². The third kappa shape index (κ3) is 5.85. The minimum absolute atomic E-state index is 0.127. The summed E-state index contributed by atoms with van der Waals surface area (Å²) >= 11 is 1.19. The number of thioether (sulfide) groups is 1. The molecule has 0 radical (unpaired) electrons. The lowest BCUT2D eigenvalue weighted by molar-refractivity contribution is -0.113. The molecule has 1 N–H and O–H groups in total. The van der Waals surface area contributed by atoms with E-state index in [0.29, 0.717) is 17.0 Å². The van der Waals surface area contributed by atoms with E-state index in [2.05, 4.69) is 29.4 Å². The second kappa shape index (κ2) is 9.41. The van der Waals surface area contributed by atoms with E-state index in [0.717, 1.165) is 17.0 Å². The molecular weight excluding hydrogens is 374 g/mol. The average molecular weight is 398 g/mol. The predicted molar refractivity (Wildman–Crippen MR) is 110 cm³/mol. The molecule has 146 valence electrons. The maximum atomic E-state index is 12.1. The largest absolute Gasteiger partial charge is 0.484 e. The van der Waals surface area contributed by atoms with E-state index >= 15 is 0 Å². The molecule has 28 heavy (non-hydrogen) atoms. The van der Waals surface area contributed by atoms with Gasteiger partial charge in [0.05, 0.1) is 5.75 Å². The van der Waals surface area contributed by atoms with Gasteiger partial charge in [-0.05, 0) is 48.2 Å². The monoisotopic (exact) mass is 397 g/mol. The number of nitrogens with zero attached hydrogens (tertiary/aromatic N) is 2. The highest BCUT2D eigenvalue weighted by atomic mass is 32.2. The van der Waals surface area contributed by atoms with Gasteiger partial charge in [-0.25, -0.2) is 0 Å². The lowest BCUT2D eigenvalue weighted by Gasteiger charge is -2.07. The number of ether oxygens (including phenoxy) is 1. The Balaban J connectivity index is 1.45. The fraction of sp³-hybridized carbons (Fsp3) is 0.286. The zero-order valence-electron chi connectivity index (χ0n) is 16.1. The van der Waals surface area contributed by atoms with Gasteiger partial charge >= 0.3 is 0 Å². The molecule has 7 heteroatoms. The van der Waals surface area contributed by atoms with Gasteiger partial charge in [-0.1, -0.05) is 49.9 Å². The summed E-state index contributed by atoms with van der Waals surface area (Å²) < 4.78 is 11.1. The van der Waals surface area contributed by atoms with Gasteiger partial charge in [0.25, 0.3) is 11.1 Å². The van der Waals surface area contributed by atoms with Gasteiger partial charge in [-0.3, -0.25) is 4.79 Å². The molecule has 0 saturated carbocycles. The molecular formula is C21H23N3O3S. The van der Waals surface area contributed by atoms with Crippen LogP contribution in [-0.2, 0) is 11.4 Å². The highest BCUT2D eigenvalue weighted by molar-refractivity contribution is 7.99. The molecule has 0 fully saturated rings. The molecule has 0 unspecified atom stereocenters. The van der Waals surface area contributed by atoms with Crippen LogP contribution in [-0.4, -0.2) is 21.9 Å². The third-order valence-corrected chi connectivity index (χ3v) is 4.81. The number of carbonyl (C=O) groups excluding carboxylic acids is 1. The van der Waals surface area contributed by atoms with Crippen molar-refractivity contribution in [2.75, 3.05) is 11.1 Å². The molecule has 0 aliphatic heterocycles. The fourth-order valence-corrected chi connectivity index (χ4v) is 3.06. The Kier molecular flexibility index (Phi) is 6.71. The molecule has 3 rings (SSSR count). The first-order chi connectivity index (χ1) is 13.5. The Morgan fingerprint density at radius 1 is 1.18 bits per heavy atom. The second-order valence-corrected chi connectivity index (χ2v) is 7.61. The van der Waals surface area contributed by atoms with Crippen LogP contribution in [0.4, 0.5) is 5.69 Å². The topological polar surface area (TPSA) is 77.2 Å². The van der Waals surface area contributed by atoms with Crippen molar-refractivity contribution >= 4 is 23.4 Å². The second-order valence-electron chi connectivity index (χ2n) is 6.68. The maximum absolute atomic E-state index is 12.1. The summed E-state index contributed by atoms with van der Waals surface area (Å²) in [5, 5.41) is 11.1. The number of benzene rings is 2. The number of hydrogen-bond acceptors (Lipinski definition) is 6. The van der Waals surface area contributed by atoms with E-state index in [1.807, 2.05) is 55.5 Å². The van der Waals surface area contributed by atoms with Gasteiger partial charge in [0, 0.05) is 5.69 Å². The Bertz CT molecular complexity index is 923. The lowest BCUT2D eigenvalue weighted by Crippen LogP contribution is -2.14. The molecule has 6 nitrogen and oxygen atoms in total. The minimum Gasteiger partial charge on any atom is -0.484 e. The maximum Gasteiger partial charge on any atom is 0.277 e. The highest BCUT2D eigenvalue weighted by Gasteiger charge is 2.11.